The van der Waals surface area contributed by atoms with Crippen molar-refractivity contribution in [1.29, 1.82) is 0 Å². The van der Waals surface area contributed by atoms with Crippen LogP contribution in [0.1, 0.15) is 43.0 Å². The van der Waals surface area contributed by atoms with Gasteiger partial charge in [-0.1, -0.05) is 56.3 Å². The molecule has 0 aromatic heterocycles. The van der Waals surface area contributed by atoms with Crippen LogP contribution in [0.3, 0.4) is 0 Å². The van der Waals surface area contributed by atoms with Gasteiger partial charge in [-0.3, -0.25) is 0 Å². The number of benzene rings is 2. The number of fused-ring (bicyclic) bond motifs is 1. The van der Waals surface area contributed by atoms with E-state index in [2.05, 4.69) is 49.5 Å². The summed E-state index contributed by atoms with van der Waals surface area (Å²) in [4.78, 5) is 0. The predicted octanol–water partition coefficient (Wildman–Crippen LogP) is 4.06. The van der Waals surface area contributed by atoms with E-state index in [-0.39, 0.29) is 18.1 Å². The first-order chi connectivity index (χ1) is 10.1. The Morgan fingerprint density at radius 2 is 1.86 bits per heavy atom. The third-order valence-corrected chi connectivity index (χ3v) is 4.62. The highest BCUT2D eigenvalue weighted by Gasteiger charge is 2.31. The highest BCUT2D eigenvalue weighted by molar-refractivity contribution is 5.59. The zero-order chi connectivity index (χ0) is 14.9. The number of rotatable bonds is 4. The molecule has 2 aromatic carbocycles. The van der Waals surface area contributed by atoms with Crippen LogP contribution in [-0.4, -0.2) is 11.7 Å². The number of aliphatic hydroxyl groups is 1. The Labute approximate surface area is 126 Å². The Balaban J connectivity index is 1.91. The molecule has 0 saturated carbocycles. The van der Waals surface area contributed by atoms with Gasteiger partial charge < -0.3 is 10.4 Å². The molecule has 1 aliphatic rings. The lowest BCUT2D eigenvalue weighted by molar-refractivity contribution is 0.276. The lowest BCUT2D eigenvalue weighted by atomic mass is 9.86. The number of nitrogens with one attached hydrogen (secondary N) is 1. The van der Waals surface area contributed by atoms with Crippen LogP contribution in [0, 0.1) is 0 Å². The summed E-state index contributed by atoms with van der Waals surface area (Å²) in [5, 5.41) is 13.3. The van der Waals surface area contributed by atoms with E-state index >= 15 is 0 Å². The van der Waals surface area contributed by atoms with Gasteiger partial charge in [0.15, 0.2) is 0 Å². The second-order valence-corrected chi connectivity index (χ2v) is 6.51. The van der Waals surface area contributed by atoms with E-state index in [0.717, 1.165) is 12.0 Å². The van der Waals surface area contributed by atoms with Crippen LogP contribution < -0.4 is 5.32 Å². The van der Waals surface area contributed by atoms with Gasteiger partial charge in [-0.05, 0) is 41.0 Å². The molecule has 110 valence electrons. The zero-order valence-corrected chi connectivity index (χ0v) is 12.8. The third-order valence-electron chi connectivity index (χ3n) is 4.62. The Morgan fingerprint density at radius 3 is 2.57 bits per heavy atom. The molecule has 0 radical (unpaired) electrons. The molecule has 0 bridgehead atoms. The molecule has 0 amide bonds. The maximum absolute atomic E-state index is 9.73. The first-order valence-corrected chi connectivity index (χ1v) is 7.66. The van der Waals surface area contributed by atoms with Gasteiger partial charge in [0, 0.05) is 5.69 Å². The number of aliphatic hydroxyl groups excluding tert-OH is 1. The average molecular weight is 281 g/mol. The van der Waals surface area contributed by atoms with Crippen LogP contribution >= 0.6 is 0 Å². The molecule has 0 saturated heterocycles. The van der Waals surface area contributed by atoms with Crippen LogP contribution in [0.2, 0.25) is 0 Å². The monoisotopic (exact) mass is 281 g/mol. The number of hydrogen-bond acceptors (Lipinski definition) is 2. The van der Waals surface area contributed by atoms with Gasteiger partial charge in [-0.25, -0.2) is 0 Å². The van der Waals surface area contributed by atoms with E-state index in [0.29, 0.717) is 0 Å². The molecule has 2 aromatic rings. The molecule has 21 heavy (non-hydrogen) atoms. The summed E-state index contributed by atoms with van der Waals surface area (Å²) in [6.45, 7) is 4.71. The Kier molecular flexibility index (Phi) is 3.73. The maximum atomic E-state index is 9.73. The van der Waals surface area contributed by atoms with Crippen molar-refractivity contribution in [3.63, 3.8) is 0 Å². The summed E-state index contributed by atoms with van der Waals surface area (Å²) >= 11 is 0. The van der Waals surface area contributed by atoms with E-state index in [9.17, 15) is 5.11 Å². The van der Waals surface area contributed by atoms with Crippen LogP contribution in [0.15, 0.2) is 48.5 Å². The number of anilines is 1. The Hall–Kier alpha value is -1.80. The van der Waals surface area contributed by atoms with Crippen molar-refractivity contribution in [2.75, 3.05) is 11.9 Å². The van der Waals surface area contributed by atoms with Crippen molar-refractivity contribution < 1.29 is 5.11 Å². The van der Waals surface area contributed by atoms with Crippen molar-refractivity contribution in [3.8, 4) is 0 Å². The van der Waals surface area contributed by atoms with Gasteiger partial charge >= 0.3 is 0 Å². The fourth-order valence-electron chi connectivity index (χ4n) is 3.31. The van der Waals surface area contributed by atoms with Gasteiger partial charge in [0.25, 0.3) is 0 Å². The highest BCUT2D eigenvalue weighted by atomic mass is 16.3. The standard InChI is InChI=1S/C19H23NO/c1-19(2)12-11-15-16(19)9-6-10-17(15)20-18(13-21)14-7-4-3-5-8-14/h3-10,18,20-21H,11-13H2,1-2H3/t18-/m0/s1. The van der Waals surface area contributed by atoms with Crippen molar-refractivity contribution in [2.45, 2.75) is 38.1 Å². The summed E-state index contributed by atoms with van der Waals surface area (Å²) < 4.78 is 0. The third kappa shape index (κ3) is 2.68. The molecule has 0 heterocycles. The summed E-state index contributed by atoms with van der Waals surface area (Å²) in [6.07, 6.45) is 2.30. The normalized spacial score (nSPS) is 17.3. The molecular weight excluding hydrogens is 258 g/mol. The van der Waals surface area contributed by atoms with Crippen molar-refractivity contribution in [1.82, 2.24) is 0 Å². The summed E-state index contributed by atoms with van der Waals surface area (Å²) in [5.74, 6) is 0. The van der Waals surface area contributed by atoms with Gasteiger partial charge in [0.2, 0.25) is 0 Å². The summed E-state index contributed by atoms with van der Waals surface area (Å²) in [6, 6.07) is 16.6. The fourth-order valence-corrected chi connectivity index (χ4v) is 3.31. The SMILES string of the molecule is CC1(C)CCc2c(N[C@@H](CO)c3ccccc3)cccc21. The first-order valence-electron chi connectivity index (χ1n) is 7.66. The Morgan fingerprint density at radius 1 is 1.10 bits per heavy atom. The lowest BCUT2D eigenvalue weighted by Crippen LogP contribution is -2.16. The van der Waals surface area contributed by atoms with E-state index in [1.54, 1.807) is 0 Å². The molecule has 1 atom stereocenters. The smallest absolute Gasteiger partial charge is 0.0745 e. The van der Waals surface area contributed by atoms with Gasteiger partial charge in [0.1, 0.15) is 0 Å². The van der Waals surface area contributed by atoms with E-state index in [4.69, 9.17) is 0 Å². The minimum atomic E-state index is -0.0542. The van der Waals surface area contributed by atoms with E-state index in [1.165, 1.54) is 23.2 Å². The number of hydrogen-bond donors (Lipinski definition) is 2. The van der Waals surface area contributed by atoms with Crippen LogP contribution in [-0.2, 0) is 11.8 Å². The van der Waals surface area contributed by atoms with Crippen molar-refractivity contribution in [3.05, 3.63) is 65.2 Å². The molecule has 1 aliphatic carbocycles. The molecular formula is C19H23NO. The Bertz CT molecular complexity index is 619. The van der Waals surface area contributed by atoms with Gasteiger partial charge in [0.05, 0.1) is 12.6 Å². The molecule has 0 fully saturated rings. The lowest BCUT2D eigenvalue weighted by Gasteiger charge is -2.22. The molecule has 2 heteroatoms. The van der Waals surface area contributed by atoms with Crippen LogP contribution in [0.5, 0.6) is 0 Å². The minimum Gasteiger partial charge on any atom is -0.394 e. The highest BCUT2D eigenvalue weighted by Crippen LogP contribution is 2.42. The quantitative estimate of drug-likeness (QED) is 0.886. The molecule has 0 unspecified atom stereocenters. The minimum absolute atomic E-state index is 0.0542. The molecule has 0 spiro atoms. The molecule has 3 rings (SSSR count). The topological polar surface area (TPSA) is 32.3 Å². The van der Waals surface area contributed by atoms with Gasteiger partial charge in [-0.15, -0.1) is 0 Å². The molecule has 0 aliphatic heterocycles. The molecule has 2 nitrogen and oxygen atoms in total. The van der Waals surface area contributed by atoms with Crippen LogP contribution in [0.4, 0.5) is 5.69 Å². The predicted molar refractivity (Wildman–Crippen MR) is 87.7 cm³/mol. The zero-order valence-electron chi connectivity index (χ0n) is 12.8. The fraction of sp³-hybridized carbons (Fsp3) is 0.368. The summed E-state index contributed by atoms with van der Waals surface area (Å²) in [5.41, 5.74) is 5.40. The average Bonchev–Trinajstić information content (AvgIpc) is 2.82. The van der Waals surface area contributed by atoms with Crippen molar-refractivity contribution in [2.24, 2.45) is 0 Å². The largest absolute Gasteiger partial charge is 0.394 e. The van der Waals surface area contributed by atoms with E-state index < -0.39 is 0 Å². The first kappa shape index (κ1) is 14.2. The second-order valence-electron chi connectivity index (χ2n) is 6.51. The van der Waals surface area contributed by atoms with E-state index in [1.807, 2.05) is 18.2 Å². The molecule has 2 N–H and O–H groups in total. The maximum Gasteiger partial charge on any atom is 0.0745 e. The van der Waals surface area contributed by atoms with Crippen molar-refractivity contribution >= 4 is 5.69 Å². The second kappa shape index (κ2) is 5.53. The summed E-state index contributed by atoms with van der Waals surface area (Å²) in [7, 11) is 0. The van der Waals surface area contributed by atoms with Crippen LogP contribution in [0.25, 0.3) is 0 Å². The van der Waals surface area contributed by atoms with Gasteiger partial charge in [-0.2, -0.15) is 0 Å².